The Hall–Kier alpha value is -2.13. The Morgan fingerprint density at radius 2 is 1.53 bits per heavy atom. The van der Waals surface area contributed by atoms with Crippen molar-refractivity contribution in [1.29, 1.82) is 0 Å². The SMILES string of the molecule is O=C1NN=C(c2ccccc2)[C@]1(Cl)c1ccccc1. The third-order valence-electron chi connectivity index (χ3n) is 3.13. The van der Waals surface area contributed by atoms with Gasteiger partial charge in [-0.05, 0) is 5.56 Å². The van der Waals surface area contributed by atoms with Crippen molar-refractivity contribution in [1.82, 2.24) is 5.43 Å². The number of hydrogen-bond acceptors (Lipinski definition) is 2. The number of alkyl halides is 1. The van der Waals surface area contributed by atoms with Gasteiger partial charge < -0.3 is 0 Å². The molecule has 4 heteroatoms. The lowest BCUT2D eigenvalue weighted by atomic mass is 9.89. The van der Waals surface area contributed by atoms with Gasteiger partial charge in [0.15, 0.2) is 4.87 Å². The first-order valence-corrected chi connectivity index (χ1v) is 6.29. The van der Waals surface area contributed by atoms with E-state index in [0.29, 0.717) is 11.3 Å². The monoisotopic (exact) mass is 270 g/mol. The van der Waals surface area contributed by atoms with Gasteiger partial charge in [-0.3, -0.25) is 4.79 Å². The fraction of sp³-hybridized carbons (Fsp3) is 0.0667. The molecule has 0 aliphatic carbocycles. The van der Waals surface area contributed by atoms with Crippen molar-refractivity contribution in [3.05, 3.63) is 71.8 Å². The van der Waals surface area contributed by atoms with Gasteiger partial charge in [-0.2, -0.15) is 5.10 Å². The minimum absolute atomic E-state index is 0.320. The van der Waals surface area contributed by atoms with Crippen LogP contribution in [0.3, 0.4) is 0 Å². The number of halogens is 1. The van der Waals surface area contributed by atoms with E-state index in [4.69, 9.17) is 11.6 Å². The van der Waals surface area contributed by atoms with Gasteiger partial charge in [-0.1, -0.05) is 72.3 Å². The summed E-state index contributed by atoms with van der Waals surface area (Å²) >= 11 is 6.60. The molecule has 2 aromatic carbocycles. The second kappa shape index (κ2) is 4.52. The van der Waals surface area contributed by atoms with E-state index in [0.717, 1.165) is 5.56 Å². The molecule has 1 aliphatic rings. The van der Waals surface area contributed by atoms with Crippen molar-refractivity contribution in [2.45, 2.75) is 4.87 Å². The van der Waals surface area contributed by atoms with Crippen LogP contribution in [0.15, 0.2) is 65.8 Å². The van der Waals surface area contributed by atoms with E-state index >= 15 is 0 Å². The van der Waals surface area contributed by atoms with Crippen LogP contribution >= 0.6 is 11.6 Å². The number of nitrogens with one attached hydrogen (secondary N) is 1. The lowest BCUT2D eigenvalue weighted by molar-refractivity contribution is -0.121. The van der Waals surface area contributed by atoms with Crippen molar-refractivity contribution >= 4 is 23.2 Å². The van der Waals surface area contributed by atoms with Crippen LogP contribution in [0, 0.1) is 0 Å². The van der Waals surface area contributed by atoms with Crippen LogP contribution in [-0.4, -0.2) is 11.6 Å². The molecule has 3 rings (SSSR count). The second-order valence-electron chi connectivity index (χ2n) is 4.29. The molecule has 19 heavy (non-hydrogen) atoms. The summed E-state index contributed by atoms with van der Waals surface area (Å²) in [7, 11) is 0. The molecule has 0 saturated heterocycles. The molecule has 0 fully saturated rings. The Kier molecular flexibility index (Phi) is 2.84. The maximum absolute atomic E-state index is 12.1. The zero-order chi connectivity index (χ0) is 13.3. The summed E-state index contributed by atoms with van der Waals surface area (Å²) in [5, 5.41) is 4.10. The van der Waals surface area contributed by atoms with E-state index in [9.17, 15) is 4.79 Å². The average molecular weight is 271 g/mol. The Labute approximate surface area is 115 Å². The molecule has 1 atom stereocenters. The second-order valence-corrected chi connectivity index (χ2v) is 4.86. The first-order chi connectivity index (χ1) is 9.23. The molecule has 0 spiro atoms. The Balaban J connectivity index is 2.13. The van der Waals surface area contributed by atoms with E-state index in [1.807, 2.05) is 60.7 Å². The summed E-state index contributed by atoms with van der Waals surface area (Å²) in [4.78, 5) is 10.9. The minimum atomic E-state index is -1.26. The van der Waals surface area contributed by atoms with Gasteiger partial charge in [0.25, 0.3) is 5.91 Å². The van der Waals surface area contributed by atoms with E-state index in [2.05, 4.69) is 10.5 Å². The fourth-order valence-corrected chi connectivity index (χ4v) is 2.48. The number of rotatable bonds is 2. The third-order valence-corrected chi connectivity index (χ3v) is 3.70. The van der Waals surface area contributed by atoms with Crippen LogP contribution < -0.4 is 5.43 Å². The molecule has 1 amide bonds. The van der Waals surface area contributed by atoms with Gasteiger partial charge in [-0.25, -0.2) is 5.43 Å². The van der Waals surface area contributed by atoms with Crippen molar-refractivity contribution in [3.8, 4) is 0 Å². The largest absolute Gasteiger partial charge is 0.272 e. The molecular weight excluding hydrogens is 260 g/mol. The summed E-state index contributed by atoms with van der Waals surface area (Å²) in [6.07, 6.45) is 0. The lowest BCUT2D eigenvalue weighted by Gasteiger charge is -2.21. The zero-order valence-corrected chi connectivity index (χ0v) is 10.8. The summed E-state index contributed by atoms with van der Waals surface area (Å²) in [5.74, 6) is -0.320. The number of nitrogens with zero attached hydrogens (tertiary/aromatic N) is 1. The molecule has 0 saturated carbocycles. The average Bonchev–Trinajstić information content (AvgIpc) is 2.78. The topological polar surface area (TPSA) is 41.5 Å². The van der Waals surface area contributed by atoms with E-state index in [-0.39, 0.29) is 5.91 Å². The molecule has 0 unspecified atom stereocenters. The van der Waals surface area contributed by atoms with Gasteiger partial charge in [0, 0.05) is 5.56 Å². The Morgan fingerprint density at radius 1 is 0.947 bits per heavy atom. The maximum Gasteiger partial charge on any atom is 0.272 e. The Bertz CT molecular complexity index is 640. The molecule has 1 aliphatic heterocycles. The van der Waals surface area contributed by atoms with Gasteiger partial charge in [0.1, 0.15) is 5.71 Å². The molecule has 3 nitrogen and oxygen atoms in total. The highest BCUT2D eigenvalue weighted by Crippen LogP contribution is 2.36. The van der Waals surface area contributed by atoms with E-state index in [1.54, 1.807) is 0 Å². The van der Waals surface area contributed by atoms with Crippen molar-refractivity contribution < 1.29 is 4.79 Å². The molecule has 94 valence electrons. The molecule has 2 aromatic rings. The summed E-state index contributed by atoms with van der Waals surface area (Å²) in [6, 6.07) is 18.7. The molecule has 0 aromatic heterocycles. The van der Waals surface area contributed by atoms with Gasteiger partial charge in [0.2, 0.25) is 0 Å². The standard InChI is InChI=1S/C15H11ClN2O/c16-15(12-9-5-2-6-10-12)13(17-18-14(15)19)11-7-3-1-4-8-11/h1-10H,(H,18,19)/t15-/m1/s1. The van der Waals surface area contributed by atoms with Gasteiger partial charge in [-0.15, -0.1) is 0 Å². The number of hydrazone groups is 1. The molecular formula is C15H11ClN2O. The predicted molar refractivity (Wildman–Crippen MR) is 75.1 cm³/mol. The van der Waals surface area contributed by atoms with E-state index in [1.165, 1.54) is 0 Å². The van der Waals surface area contributed by atoms with Crippen LogP contribution in [0.5, 0.6) is 0 Å². The molecule has 1 N–H and O–H groups in total. The van der Waals surface area contributed by atoms with Crippen LogP contribution in [0.4, 0.5) is 0 Å². The molecule has 1 heterocycles. The third kappa shape index (κ3) is 1.83. The maximum atomic E-state index is 12.1. The fourth-order valence-electron chi connectivity index (χ4n) is 2.16. The highest BCUT2D eigenvalue weighted by molar-refractivity contribution is 6.50. The highest BCUT2D eigenvalue weighted by atomic mass is 35.5. The minimum Gasteiger partial charge on any atom is -0.270 e. The van der Waals surface area contributed by atoms with Crippen LogP contribution in [0.1, 0.15) is 11.1 Å². The normalized spacial score (nSPS) is 21.9. The summed E-state index contributed by atoms with van der Waals surface area (Å²) in [6.45, 7) is 0. The van der Waals surface area contributed by atoms with E-state index < -0.39 is 4.87 Å². The number of amides is 1. The van der Waals surface area contributed by atoms with Gasteiger partial charge in [0.05, 0.1) is 0 Å². The predicted octanol–water partition coefficient (Wildman–Crippen LogP) is 2.65. The van der Waals surface area contributed by atoms with Gasteiger partial charge >= 0.3 is 0 Å². The summed E-state index contributed by atoms with van der Waals surface area (Å²) in [5.41, 5.74) is 4.56. The van der Waals surface area contributed by atoms with Crippen LogP contribution in [0.25, 0.3) is 0 Å². The smallest absolute Gasteiger partial charge is 0.270 e. The molecule has 0 radical (unpaired) electrons. The first kappa shape index (κ1) is 11.9. The van der Waals surface area contributed by atoms with Crippen LogP contribution in [0.2, 0.25) is 0 Å². The summed E-state index contributed by atoms with van der Waals surface area (Å²) < 4.78 is 0. The van der Waals surface area contributed by atoms with Crippen molar-refractivity contribution in [3.63, 3.8) is 0 Å². The number of carbonyl (C=O) groups is 1. The number of benzene rings is 2. The molecule has 0 bridgehead atoms. The zero-order valence-electron chi connectivity index (χ0n) is 10.0. The number of carbonyl (C=O) groups excluding carboxylic acids is 1. The van der Waals surface area contributed by atoms with Crippen molar-refractivity contribution in [2.24, 2.45) is 5.10 Å². The Morgan fingerprint density at radius 3 is 2.16 bits per heavy atom. The van der Waals surface area contributed by atoms with Crippen LogP contribution in [-0.2, 0) is 9.67 Å². The van der Waals surface area contributed by atoms with Crippen molar-refractivity contribution in [2.75, 3.05) is 0 Å². The number of hydrogen-bond donors (Lipinski definition) is 1. The first-order valence-electron chi connectivity index (χ1n) is 5.91. The lowest BCUT2D eigenvalue weighted by Crippen LogP contribution is -2.37. The highest BCUT2D eigenvalue weighted by Gasteiger charge is 2.48. The quantitative estimate of drug-likeness (QED) is 0.838.